The van der Waals surface area contributed by atoms with Crippen molar-refractivity contribution in [3.63, 3.8) is 0 Å². The van der Waals surface area contributed by atoms with Gasteiger partial charge in [0, 0.05) is 6.07 Å². The lowest BCUT2D eigenvalue weighted by molar-refractivity contribution is -0.389. The van der Waals surface area contributed by atoms with Gasteiger partial charge in [0.1, 0.15) is 6.20 Å². The van der Waals surface area contributed by atoms with E-state index in [1.807, 2.05) is 0 Å². The first-order valence-corrected chi connectivity index (χ1v) is 4.41. The number of rotatable bonds is 4. The molecule has 0 aliphatic rings. The Morgan fingerprint density at radius 3 is 2.94 bits per heavy atom. The number of hydrogen-bond acceptors (Lipinski definition) is 6. The van der Waals surface area contributed by atoms with Crippen molar-refractivity contribution in [1.82, 2.24) is 14.7 Å². The third-order valence-corrected chi connectivity index (χ3v) is 1.92. The van der Waals surface area contributed by atoms with Crippen LogP contribution in [0.5, 0.6) is 0 Å². The van der Waals surface area contributed by atoms with Crippen LogP contribution in [0.1, 0.15) is 16.2 Å². The molecular weight excluding hydrogens is 232 g/mol. The minimum Gasteiger partial charge on any atom is -0.476 e. The van der Waals surface area contributed by atoms with E-state index in [0.29, 0.717) is 0 Å². The van der Waals surface area contributed by atoms with Crippen LogP contribution in [0.4, 0.5) is 5.82 Å². The lowest BCUT2D eigenvalue weighted by Gasteiger charge is -1.92. The number of nitro groups is 1. The van der Waals surface area contributed by atoms with Gasteiger partial charge in [-0.3, -0.25) is 0 Å². The Labute approximate surface area is 93.4 Å². The average molecular weight is 238 g/mol. The first-order chi connectivity index (χ1) is 8.06. The smallest absolute Gasteiger partial charge is 0.381 e. The predicted molar refractivity (Wildman–Crippen MR) is 51.4 cm³/mol. The minimum absolute atomic E-state index is 0.126. The molecule has 0 aliphatic carbocycles. The summed E-state index contributed by atoms with van der Waals surface area (Å²) in [6, 6.07) is 1.24. The predicted octanol–water partition coefficient (Wildman–Crippen LogP) is 0.526. The molecule has 0 atom stereocenters. The number of hydrogen-bond donors (Lipinski definition) is 1. The molecule has 0 spiro atoms. The van der Waals surface area contributed by atoms with E-state index in [0.717, 1.165) is 0 Å². The summed E-state index contributed by atoms with van der Waals surface area (Å²) in [7, 11) is 0. The SMILES string of the molecule is O=C(O)c1cc(Cn2cnc([N+](=O)[O-])c2)on1. The lowest BCUT2D eigenvalue weighted by Crippen LogP contribution is -1.96. The van der Waals surface area contributed by atoms with Crippen LogP contribution in [0.3, 0.4) is 0 Å². The normalized spacial score (nSPS) is 10.4. The number of aromatic carboxylic acids is 1. The summed E-state index contributed by atoms with van der Waals surface area (Å²) in [5.74, 6) is -1.21. The van der Waals surface area contributed by atoms with Crippen LogP contribution in [-0.2, 0) is 6.54 Å². The molecule has 88 valence electrons. The summed E-state index contributed by atoms with van der Waals surface area (Å²) < 4.78 is 6.14. The highest BCUT2D eigenvalue weighted by molar-refractivity contribution is 5.85. The molecular formula is C8H6N4O5. The maximum absolute atomic E-state index is 10.5. The third kappa shape index (κ3) is 2.27. The van der Waals surface area contributed by atoms with Crippen LogP contribution in [0.15, 0.2) is 23.1 Å². The summed E-state index contributed by atoms with van der Waals surface area (Å²) in [4.78, 5) is 23.8. The summed E-state index contributed by atoms with van der Waals surface area (Å²) in [5, 5.41) is 22.3. The molecule has 17 heavy (non-hydrogen) atoms. The van der Waals surface area contributed by atoms with Crippen LogP contribution >= 0.6 is 0 Å². The van der Waals surface area contributed by atoms with E-state index in [2.05, 4.69) is 10.1 Å². The Kier molecular flexibility index (Phi) is 2.57. The van der Waals surface area contributed by atoms with Gasteiger partial charge in [-0.25, -0.2) is 4.79 Å². The van der Waals surface area contributed by atoms with Crippen molar-refractivity contribution in [2.75, 3.05) is 0 Å². The van der Waals surface area contributed by atoms with Gasteiger partial charge in [0.15, 0.2) is 11.5 Å². The molecule has 2 aromatic heterocycles. The van der Waals surface area contributed by atoms with Crippen molar-refractivity contribution in [2.45, 2.75) is 6.54 Å². The van der Waals surface area contributed by atoms with Crippen molar-refractivity contribution in [2.24, 2.45) is 0 Å². The van der Waals surface area contributed by atoms with E-state index in [1.54, 1.807) is 0 Å². The second-order valence-electron chi connectivity index (χ2n) is 3.14. The Balaban J connectivity index is 2.13. The van der Waals surface area contributed by atoms with Crippen LogP contribution in [0.25, 0.3) is 0 Å². The molecule has 0 unspecified atom stereocenters. The van der Waals surface area contributed by atoms with Gasteiger partial charge in [-0.15, -0.1) is 0 Å². The molecule has 9 heteroatoms. The zero-order valence-electron chi connectivity index (χ0n) is 8.31. The molecule has 0 aromatic carbocycles. The maximum Gasteiger partial charge on any atom is 0.381 e. The van der Waals surface area contributed by atoms with Gasteiger partial charge in [-0.1, -0.05) is 5.16 Å². The van der Waals surface area contributed by atoms with Gasteiger partial charge in [-0.05, 0) is 9.91 Å². The van der Waals surface area contributed by atoms with Crippen molar-refractivity contribution in [1.29, 1.82) is 0 Å². The van der Waals surface area contributed by atoms with E-state index < -0.39 is 10.9 Å². The van der Waals surface area contributed by atoms with Gasteiger partial charge in [-0.2, -0.15) is 0 Å². The molecule has 1 N–H and O–H groups in total. The summed E-state index contributed by atoms with van der Waals surface area (Å²) >= 11 is 0. The zero-order valence-corrected chi connectivity index (χ0v) is 8.31. The Morgan fingerprint density at radius 1 is 1.65 bits per heavy atom. The molecule has 0 fully saturated rings. The van der Waals surface area contributed by atoms with Gasteiger partial charge >= 0.3 is 11.8 Å². The van der Waals surface area contributed by atoms with E-state index in [-0.39, 0.29) is 23.8 Å². The minimum atomic E-state index is -1.20. The van der Waals surface area contributed by atoms with Crippen LogP contribution < -0.4 is 0 Å². The zero-order chi connectivity index (χ0) is 12.4. The molecule has 2 aromatic rings. The maximum atomic E-state index is 10.5. The summed E-state index contributed by atoms with van der Waals surface area (Å²) in [6.45, 7) is 0.126. The highest BCUT2D eigenvalue weighted by Gasteiger charge is 2.14. The third-order valence-electron chi connectivity index (χ3n) is 1.92. The highest BCUT2D eigenvalue weighted by atomic mass is 16.6. The number of carbonyl (C=O) groups is 1. The molecule has 2 heterocycles. The van der Waals surface area contributed by atoms with E-state index in [1.165, 1.54) is 23.2 Å². The standard InChI is InChI=1S/C8H6N4O5/c13-8(14)6-1-5(17-10-6)2-11-3-7(9-4-11)12(15)16/h1,3-4H,2H2,(H,13,14). The Morgan fingerprint density at radius 2 is 2.41 bits per heavy atom. The molecule has 0 saturated carbocycles. The molecule has 0 saturated heterocycles. The number of imidazole rings is 1. The largest absolute Gasteiger partial charge is 0.476 e. The molecule has 0 radical (unpaired) electrons. The number of carboxylic acids is 1. The quantitative estimate of drug-likeness (QED) is 0.608. The van der Waals surface area contributed by atoms with E-state index >= 15 is 0 Å². The second kappa shape index (κ2) is 4.04. The number of carboxylic acid groups (broad SMARTS) is 1. The fourth-order valence-corrected chi connectivity index (χ4v) is 1.20. The van der Waals surface area contributed by atoms with Crippen LogP contribution in [0.2, 0.25) is 0 Å². The molecule has 9 nitrogen and oxygen atoms in total. The highest BCUT2D eigenvalue weighted by Crippen LogP contribution is 2.10. The Hall–Kier alpha value is -2.71. The molecule has 2 rings (SSSR count). The molecule has 0 amide bonds. The van der Waals surface area contributed by atoms with Crippen molar-refractivity contribution >= 4 is 11.8 Å². The van der Waals surface area contributed by atoms with Gasteiger partial charge in [0.25, 0.3) is 0 Å². The van der Waals surface area contributed by atoms with E-state index in [4.69, 9.17) is 9.63 Å². The molecule has 0 bridgehead atoms. The van der Waals surface area contributed by atoms with Gasteiger partial charge in [0.2, 0.25) is 6.33 Å². The number of nitrogens with zero attached hydrogens (tertiary/aromatic N) is 4. The van der Waals surface area contributed by atoms with Gasteiger partial charge in [0.05, 0.1) is 6.54 Å². The Bertz CT molecular complexity index is 522. The first kappa shape index (κ1) is 10.8. The fraction of sp³-hybridized carbons (Fsp3) is 0.125. The van der Waals surface area contributed by atoms with E-state index in [9.17, 15) is 14.9 Å². The average Bonchev–Trinajstić information content (AvgIpc) is 2.87. The fourth-order valence-electron chi connectivity index (χ4n) is 1.20. The monoisotopic (exact) mass is 238 g/mol. The summed E-state index contributed by atoms with van der Waals surface area (Å²) in [5.41, 5.74) is -0.213. The van der Waals surface area contributed by atoms with Crippen molar-refractivity contribution in [3.8, 4) is 0 Å². The van der Waals surface area contributed by atoms with Crippen molar-refractivity contribution in [3.05, 3.63) is 40.2 Å². The summed E-state index contributed by atoms with van der Waals surface area (Å²) in [6.07, 6.45) is 2.46. The van der Waals surface area contributed by atoms with Gasteiger partial charge < -0.3 is 24.3 Å². The van der Waals surface area contributed by atoms with Crippen LogP contribution in [0, 0.1) is 10.1 Å². The van der Waals surface area contributed by atoms with Crippen LogP contribution in [-0.4, -0.2) is 30.7 Å². The first-order valence-electron chi connectivity index (χ1n) is 4.41. The number of aromatic nitrogens is 3. The lowest BCUT2D eigenvalue weighted by atomic mass is 10.3. The molecule has 0 aliphatic heterocycles. The second-order valence-corrected chi connectivity index (χ2v) is 3.14. The van der Waals surface area contributed by atoms with Crippen molar-refractivity contribution < 1.29 is 19.3 Å². The topological polar surface area (TPSA) is 124 Å².